The SMILES string of the molecule is CC(C)c1cc(C(=O)N(CCCO)Cc2cccc(Cl)c2)n(C)n1. The molecule has 1 heterocycles. The second-order valence-corrected chi connectivity index (χ2v) is 6.60. The van der Waals surface area contributed by atoms with Crippen molar-refractivity contribution in [2.24, 2.45) is 7.05 Å². The van der Waals surface area contributed by atoms with E-state index in [9.17, 15) is 4.79 Å². The Morgan fingerprint density at radius 1 is 1.38 bits per heavy atom. The largest absolute Gasteiger partial charge is 0.396 e. The Bertz CT molecular complexity index is 697. The van der Waals surface area contributed by atoms with Crippen LogP contribution in [0, 0.1) is 0 Å². The van der Waals surface area contributed by atoms with Gasteiger partial charge in [0.2, 0.25) is 0 Å². The monoisotopic (exact) mass is 349 g/mol. The molecule has 24 heavy (non-hydrogen) atoms. The Balaban J connectivity index is 2.24. The lowest BCUT2D eigenvalue weighted by atomic mass is 10.1. The number of carbonyl (C=O) groups excluding carboxylic acids is 1. The number of aromatic nitrogens is 2. The number of aliphatic hydroxyl groups is 1. The van der Waals surface area contributed by atoms with Crippen molar-refractivity contribution in [3.63, 3.8) is 0 Å². The Labute approximate surface area is 147 Å². The van der Waals surface area contributed by atoms with E-state index in [1.54, 1.807) is 22.7 Å². The number of hydrogen-bond acceptors (Lipinski definition) is 3. The van der Waals surface area contributed by atoms with Crippen molar-refractivity contribution in [3.05, 3.63) is 52.3 Å². The topological polar surface area (TPSA) is 58.4 Å². The standard InChI is InChI=1S/C18H24ClN3O2/c1-13(2)16-11-17(21(3)20-16)18(24)22(8-5-9-23)12-14-6-4-7-15(19)10-14/h4,6-7,10-11,13,23H,5,8-9,12H2,1-3H3. The fourth-order valence-corrected chi connectivity index (χ4v) is 2.72. The molecule has 0 spiro atoms. The Hall–Kier alpha value is -1.85. The van der Waals surface area contributed by atoms with Gasteiger partial charge in [0.1, 0.15) is 5.69 Å². The number of nitrogens with zero attached hydrogens (tertiary/aromatic N) is 3. The second-order valence-electron chi connectivity index (χ2n) is 6.17. The summed E-state index contributed by atoms with van der Waals surface area (Å²) in [6.45, 7) is 5.06. The number of aryl methyl sites for hydroxylation is 1. The van der Waals surface area contributed by atoms with Crippen molar-refractivity contribution in [1.29, 1.82) is 0 Å². The molecule has 2 aromatic rings. The molecule has 0 aliphatic heterocycles. The van der Waals surface area contributed by atoms with Crippen LogP contribution in [0.1, 0.15) is 47.9 Å². The summed E-state index contributed by atoms with van der Waals surface area (Å²) >= 11 is 6.04. The Kier molecular flexibility index (Phi) is 6.40. The predicted octanol–water partition coefficient (Wildman–Crippen LogP) is 3.22. The molecule has 5 nitrogen and oxygen atoms in total. The molecule has 0 saturated heterocycles. The maximum Gasteiger partial charge on any atom is 0.272 e. The minimum atomic E-state index is -0.0923. The first-order valence-electron chi connectivity index (χ1n) is 8.11. The number of halogens is 1. The van der Waals surface area contributed by atoms with Crippen molar-refractivity contribution in [2.45, 2.75) is 32.7 Å². The number of carbonyl (C=O) groups is 1. The molecule has 0 aliphatic carbocycles. The molecule has 2 rings (SSSR count). The maximum atomic E-state index is 12.9. The van der Waals surface area contributed by atoms with Crippen LogP contribution in [0.25, 0.3) is 0 Å². The lowest BCUT2D eigenvalue weighted by molar-refractivity contribution is 0.0721. The molecule has 1 aromatic heterocycles. The predicted molar refractivity (Wildman–Crippen MR) is 95.2 cm³/mol. The molecule has 0 saturated carbocycles. The summed E-state index contributed by atoms with van der Waals surface area (Å²) in [5, 5.41) is 14.2. The van der Waals surface area contributed by atoms with Gasteiger partial charge in [0, 0.05) is 31.8 Å². The average molecular weight is 350 g/mol. The smallest absolute Gasteiger partial charge is 0.272 e. The zero-order valence-electron chi connectivity index (χ0n) is 14.4. The van der Waals surface area contributed by atoms with Crippen LogP contribution in [-0.4, -0.2) is 38.8 Å². The molecule has 0 aliphatic rings. The van der Waals surface area contributed by atoms with E-state index in [1.807, 2.05) is 38.1 Å². The summed E-state index contributed by atoms with van der Waals surface area (Å²) in [6, 6.07) is 9.31. The van der Waals surface area contributed by atoms with Gasteiger partial charge in [-0.1, -0.05) is 37.6 Å². The van der Waals surface area contributed by atoms with Crippen LogP contribution in [0.2, 0.25) is 5.02 Å². The summed E-state index contributed by atoms with van der Waals surface area (Å²) in [7, 11) is 1.78. The molecule has 1 amide bonds. The third kappa shape index (κ3) is 4.58. The molecule has 1 N–H and O–H groups in total. The highest BCUT2D eigenvalue weighted by Crippen LogP contribution is 2.18. The van der Waals surface area contributed by atoms with Gasteiger partial charge in [-0.05, 0) is 36.1 Å². The summed E-state index contributed by atoms with van der Waals surface area (Å²) in [4.78, 5) is 14.7. The highest BCUT2D eigenvalue weighted by molar-refractivity contribution is 6.30. The minimum Gasteiger partial charge on any atom is -0.396 e. The van der Waals surface area contributed by atoms with E-state index in [1.165, 1.54) is 0 Å². The second kappa shape index (κ2) is 8.31. The van der Waals surface area contributed by atoms with Crippen LogP contribution in [0.3, 0.4) is 0 Å². The van der Waals surface area contributed by atoms with E-state index in [0.717, 1.165) is 11.3 Å². The fraction of sp³-hybridized carbons (Fsp3) is 0.444. The van der Waals surface area contributed by atoms with Gasteiger partial charge in [-0.2, -0.15) is 5.10 Å². The molecule has 0 atom stereocenters. The van der Waals surface area contributed by atoms with Gasteiger partial charge in [-0.15, -0.1) is 0 Å². The summed E-state index contributed by atoms with van der Waals surface area (Å²) in [6.07, 6.45) is 0.529. The molecule has 6 heteroatoms. The van der Waals surface area contributed by atoms with Crippen molar-refractivity contribution in [1.82, 2.24) is 14.7 Å². The first kappa shape index (κ1) is 18.5. The summed E-state index contributed by atoms with van der Waals surface area (Å²) in [5.41, 5.74) is 2.41. The molecule has 0 radical (unpaired) electrons. The molecule has 0 fully saturated rings. The summed E-state index contributed by atoms with van der Waals surface area (Å²) in [5.74, 6) is 0.168. The van der Waals surface area contributed by atoms with E-state index < -0.39 is 0 Å². The van der Waals surface area contributed by atoms with E-state index in [0.29, 0.717) is 30.2 Å². The Morgan fingerprint density at radius 3 is 2.71 bits per heavy atom. The van der Waals surface area contributed by atoms with Crippen LogP contribution in [0.15, 0.2) is 30.3 Å². The van der Waals surface area contributed by atoms with E-state index >= 15 is 0 Å². The van der Waals surface area contributed by atoms with Crippen LogP contribution in [0.5, 0.6) is 0 Å². The molecular weight excluding hydrogens is 326 g/mol. The van der Waals surface area contributed by atoms with Crippen LogP contribution in [-0.2, 0) is 13.6 Å². The van der Waals surface area contributed by atoms with Crippen molar-refractivity contribution >= 4 is 17.5 Å². The quantitative estimate of drug-likeness (QED) is 0.835. The van der Waals surface area contributed by atoms with Gasteiger partial charge in [0.25, 0.3) is 5.91 Å². The van der Waals surface area contributed by atoms with Crippen LogP contribution in [0.4, 0.5) is 0 Å². The highest BCUT2D eigenvalue weighted by atomic mass is 35.5. The van der Waals surface area contributed by atoms with Gasteiger partial charge in [-0.25, -0.2) is 0 Å². The van der Waals surface area contributed by atoms with Gasteiger partial charge >= 0.3 is 0 Å². The van der Waals surface area contributed by atoms with Crippen LogP contribution >= 0.6 is 11.6 Å². The molecule has 1 aromatic carbocycles. The van der Waals surface area contributed by atoms with Gasteiger partial charge in [0.05, 0.1) is 5.69 Å². The zero-order valence-corrected chi connectivity index (χ0v) is 15.1. The lowest BCUT2D eigenvalue weighted by Crippen LogP contribution is -2.33. The van der Waals surface area contributed by atoms with Gasteiger partial charge in [-0.3, -0.25) is 9.48 Å². The Morgan fingerprint density at radius 2 is 2.12 bits per heavy atom. The molecule has 0 bridgehead atoms. The number of amides is 1. The number of benzene rings is 1. The van der Waals surface area contributed by atoms with E-state index in [2.05, 4.69) is 5.10 Å². The van der Waals surface area contributed by atoms with E-state index in [4.69, 9.17) is 16.7 Å². The normalized spacial score (nSPS) is 11.1. The average Bonchev–Trinajstić information content (AvgIpc) is 2.93. The first-order chi connectivity index (χ1) is 11.4. The summed E-state index contributed by atoms with van der Waals surface area (Å²) < 4.78 is 1.63. The fourth-order valence-electron chi connectivity index (χ4n) is 2.50. The van der Waals surface area contributed by atoms with Gasteiger partial charge < -0.3 is 10.0 Å². The number of rotatable bonds is 7. The van der Waals surface area contributed by atoms with Gasteiger partial charge in [0.15, 0.2) is 0 Å². The van der Waals surface area contributed by atoms with Crippen molar-refractivity contribution < 1.29 is 9.90 Å². The highest BCUT2D eigenvalue weighted by Gasteiger charge is 2.21. The number of aliphatic hydroxyl groups excluding tert-OH is 1. The third-order valence-electron chi connectivity index (χ3n) is 3.85. The van der Waals surface area contributed by atoms with Crippen molar-refractivity contribution in [3.8, 4) is 0 Å². The first-order valence-corrected chi connectivity index (χ1v) is 8.48. The number of hydrogen-bond donors (Lipinski definition) is 1. The zero-order chi connectivity index (χ0) is 17.7. The lowest BCUT2D eigenvalue weighted by Gasteiger charge is -2.22. The van der Waals surface area contributed by atoms with E-state index in [-0.39, 0.29) is 18.4 Å². The minimum absolute atomic E-state index is 0.0436. The molecular formula is C18H24ClN3O2. The maximum absolute atomic E-state index is 12.9. The third-order valence-corrected chi connectivity index (χ3v) is 4.08. The molecule has 130 valence electrons. The molecule has 0 unspecified atom stereocenters. The van der Waals surface area contributed by atoms with Crippen LogP contribution < -0.4 is 0 Å². The van der Waals surface area contributed by atoms with Crippen molar-refractivity contribution in [2.75, 3.05) is 13.2 Å².